The molecule has 1 aliphatic heterocycles. The van der Waals surface area contributed by atoms with Crippen molar-refractivity contribution in [1.29, 1.82) is 0 Å². The molecule has 0 unspecified atom stereocenters. The quantitative estimate of drug-likeness (QED) is 0.357. The number of aromatic hydroxyl groups is 1. The Balaban J connectivity index is 1.59. The molecule has 0 amide bonds. The molecule has 192 valence electrons. The first-order valence-corrected chi connectivity index (χ1v) is 16.7. The number of ether oxygens (including phenoxy) is 1. The average molecular weight is 513 g/mol. The molecule has 35 heavy (non-hydrogen) atoms. The Kier molecular flexibility index (Phi) is 8.48. The second-order valence-corrected chi connectivity index (χ2v) is 18.2. The smallest absolute Gasteiger partial charge is 0.258 e. The van der Waals surface area contributed by atoms with Gasteiger partial charge in [0.2, 0.25) is 0 Å². The van der Waals surface area contributed by atoms with Gasteiger partial charge in [0.25, 0.3) is 8.32 Å². The van der Waals surface area contributed by atoms with Crippen molar-refractivity contribution in [1.82, 2.24) is 0 Å². The summed E-state index contributed by atoms with van der Waals surface area (Å²) in [5, 5.41) is 10.4. The fraction of sp³-hybridized carbons (Fsp3) is 0.600. The summed E-state index contributed by atoms with van der Waals surface area (Å²) in [5.41, 5.74) is 2.87. The topological polar surface area (TPSA) is 38.7 Å². The van der Waals surface area contributed by atoms with Gasteiger partial charge in [-0.25, -0.2) is 0 Å². The zero-order valence-corrected chi connectivity index (χ0v) is 24.2. The fourth-order valence-corrected chi connectivity index (χ4v) is 13.3. The highest BCUT2D eigenvalue weighted by Crippen LogP contribution is 2.50. The Bertz CT molecular complexity index is 944. The molecule has 1 aliphatic carbocycles. The van der Waals surface area contributed by atoms with Gasteiger partial charge in [-0.15, -0.1) is 11.8 Å². The molecule has 1 N–H and O–H groups in total. The summed E-state index contributed by atoms with van der Waals surface area (Å²) in [6.45, 7) is 14.0. The van der Waals surface area contributed by atoms with Crippen LogP contribution in [0.2, 0.25) is 16.6 Å². The maximum Gasteiger partial charge on any atom is 0.258 e. The molecule has 2 aromatic rings. The van der Waals surface area contributed by atoms with Gasteiger partial charge < -0.3 is 14.3 Å². The number of hydrogen-bond acceptors (Lipinski definition) is 4. The third kappa shape index (κ3) is 5.72. The molecule has 5 heteroatoms. The minimum absolute atomic E-state index is 0.00955. The van der Waals surface area contributed by atoms with Crippen LogP contribution in [0, 0.1) is 5.92 Å². The summed E-state index contributed by atoms with van der Waals surface area (Å²) in [5.74, 6) is 2.95. The van der Waals surface area contributed by atoms with Crippen LogP contribution in [0.3, 0.4) is 0 Å². The predicted octanol–water partition coefficient (Wildman–Crippen LogP) is 9.51. The summed E-state index contributed by atoms with van der Waals surface area (Å²) in [6, 6.07) is 14.3. The average Bonchev–Trinajstić information content (AvgIpc) is 2.82. The van der Waals surface area contributed by atoms with Crippen LogP contribution in [0.4, 0.5) is 0 Å². The molecule has 2 atom stereocenters. The van der Waals surface area contributed by atoms with E-state index in [2.05, 4.69) is 65.8 Å². The van der Waals surface area contributed by atoms with Crippen LogP contribution in [-0.4, -0.2) is 18.7 Å². The first-order chi connectivity index (χ1) is 16.7. The van der Waals surface area contributed by atoms with E-state index in [0.717, 1.165) is 28.7 Å². The van der Waals surface area contributed by atoms with E-state index >= 15 is 0 Å². The van der Waals surface area contributed by atoms with Gasteiger partial charge in [0, 0.05) is 0 Å². The van der Waals surface area contributed by atoms with Crippen molar-refractivity contribution in [2.75, 3.05) is 0 Å². The number of fused-ring (bicyclic) bond motifs is 1. The van der Waals surface area contributed by atoms with Crippen molar-refractivity contribution < 1.29 is 14.3 Å². The van der Waals surface area contributed by atoms with Crippen LogP contribution in [0.1, 0.15) is 91.7 Å². The lowest BCUT2D eigenvalue weighted by molar-refractivity contribution is 0.172. The number of phenols is 1. The summed E-state index contributed by atoms with van der Waals surface area (Å²) < 4.78 is 13.5. The van der Waals surface area contributed by atoms with Crippen LogP contribution in [-0.2, 0) is 0 Å². The fourth-order valence-electron chi connectivity index (χ4n) is 6.61. The Morgan fingerprint density at radius 1 is 0.914 bits per heavy atom. The molecule has 2 aliphatic rings. The number of thioether (sulfide) groups is 1. The Morgan fingerprint density at radius 2 is 1.54 bits per heavy atom. The van der Waals surface area contributed by atoms with E-state index in [1.54, 1.807) is 6.07 Å². The van der Waals surface area contributed by atoms with Crippen LogP contribution in [0.5, 0.6) is 17.2 Å². The Labute approximate surface area is 218 Å². The van der Waals surface area contributed by atoms with Crippen molar-refractivity contribution in [2.24, 2.45) is 5.92 Å². The highest BCUT2D eigenvalue weighted by molar-refractivity contribution is 8.00. The van der Waals surface area contributed by atoms with Crippen molar-refractivity contribution >= 4 is 20.1 Å². The second-order valence-electron chi connectivity index (χ2n) is 11.6. The standard InChI is InChI=1S/C30H44O3SSi/c1-20(2)35(21(3)4,22(5)6)33-26-15-12-24(13-16-26)30-29(18-23-10-8-7-9-11-23)34-28-19-25(31)14-17-27(28)32-30/h12-17,19-23,29-31H,7-11,18H2,1-6H3/t29-,30+/m0/s1. The van der Waals surface area contributed by atoms with Gasteiger partial charge in [0.1, 0.15) is 23.4 Å². The van der Waals surface area contributed by atoms with Crippen LogP contribution in [0.25, 0.3) is 0 Å². The lowest BCUT2D eigenvalue weighted by atomic mass is 9.84. The van der Waals surface area contributed by atoms with Gasteiger partial charge >= 0.3 is 0 Å². The molecular weight excluding hydrogens is 468 g/mol. The van der Waals surface area contributed by atoms with Gasteiger partial charge in [-0.2, -0.15) is 0 Å². The maximum atomic E-state index is 10.0. The third-order valence-corrected chi connectivity index (χ3v) is 15.6. The lowest BCUT2D eigenvalue weighted by Gasteiger charge is -2.42. The van der Waals surface area contributed by atoms with Gasteiger partial charge in [-0.1, -0.05) is 85.8 Å². The monoisotopic (exact) mass is 512 g/mol. The van der Waals surface area contributed by atoms with Gasteiger partial charge in [0.05, 0.1) is 10.1 Å². The molecule has 0 aromatic heterocycles. The molecule has 3 nitrogen and oxygen atoms in total. The zero-order chi connectivity index (χ0) is 25.2. The second kappa shape index (κ2) is 11.2. The van der Waals surface area contributed by atoms with E-state index in [1.807, 2.05) is 23.9 Å². The van der Waals surface area contributed by atoms with Crippen molar-refractivity contribution in [3.05, 3.63) is 48.0 Å². The highest BCUT2D eigenvalue weighted by Gasteiger charge is 2.47. The van der Waals surface area contributed by atoms with Crippen LogP contribution < -0.4 is 9.16 Å². The molecule has 0 saturated heterocycles. The number of benzene rings is 2. The van der Waals surface area contributed by atoms with Crippen molar-refractivity contribution in [3.8, 4) is 17.2 Å². The third-order valence-electron chi connectivity index (χ3n) is 8.30. The minimum atomic E-state index is -1.98. The summed E-state index contributed by atoms with van der Waals surface area (Å²) >= 11 is 1.88. The minimum Gasteiger partial charge on any atom is -0.543 e. The van der Waals surface area contributed by atoms with E-state index in [4.69, 9.17) is 9.16 Å². The SMILES string of the molecule is CC(C)[Si](Oc1ccc([C@H]2Oc3ccc(O)cc3S[C@H]2CC2CCCCC2)cc1)(C(C)C)C(C)C. The number of hydrogen-bond donors (Lipinski definition) is 1. The summed E-state index contributed by atoms with van der Waals surface area (Å²) in [4.78, 5) is 1.06. The Morgan fingerprint density at radius 3 is 2.14 bits per heavy atom. The van der Waals surface area contributed by atoms with E-state index in [1.165, 1.54) is 37.7 Å². The Hall–Kier alpha value is -1.59. The van der Waals surface area contributed by atoms with Crippen LogP contribution in [0.15, 0.2) is 47.4 Å². The van der Waals surface area contributed by atoms with Crippen molar-refractivity contribution in [2.45, 2.75) is 113 Å². The molecule has 0 spiro atoms. The summed E-state index contributed by atoms with van der Waals surface area (Å²) in [7, 11) is -1.98. The van der Waals surface area contributed by atoms with E-state index in [0.29, 0.717) is 27.6 Å². The van der Waals surface area contributed by atoms with E-state index in [-0.39, 0.29) is 6.10 Å². The van der Waals surface area contributed by atoms with E-state index < -0.39 is 8.32 Å². The maximum absolute atomic E-state index is 10.0. The molecule has 1 fully saturated rings. The predicted molar refractivity (Wildman–Crippen MR) is 150 cm³/mol. The van der Waals surface area contributed by atoms with Crippen molar-refractivity contribution in [3.63, 3.8) is 0 Å². The largest absolute Gasteiger partial charge is 0.543 e. The molecule has 4 rings (SSSR count). The van der Waals surface area contributed by atoms with Gasteiger partial charge in [0.15, 0.2) is 0 Å². The highest BCUT2D eigenvalue weighted by atomic mass is 32.2. The van der Waals surface area contributed by atoms with Gasteiger partial charge in [-0.3, -0.25) is 0 Å². The first-order valence-electron chi connectivity index (χ1n) is 13.7. The lowest BCUT2D eigenvalue weighted by Crippen LogP contribution is -2.50. The first kappa shape index (κ1) is 26.5. The van der Waals surface area contributed by atoms with Crippen LogP contribution >= 0.6 is 11.8 Å². The molecule has 2 aromatic carbocycles. The number of rotatable bonds is 8. The zero-order valence-electron chi connectivity index (χ0n) is 22.4. The van der Waals surface area contributed by atoms with Gasteiger partial charge in [-0.05, 0) is 64.9 Å². The normalized spacial score (nSPS) is 21.3. The molecule has 0 bridgehead atoms. The molecule has 1 heterocycles. The molecule has 1 saturated carbocycles. The molecule has 0 radical (unpaired) electrons. The molecular formula is C30H44O3SSi. The number of phenolic OH excluding ortho intramolecular Hbond substituents is 1. The van der Waals surface area contributed by atoms with E-state index in [9.17, 15) is 5.11 Å². The summed E-state index contributed by atoms with van der Waals surface area (Å²) in [6.07, 6.45) is 7.91.